The van der Waals surface area contributed by atoms with Crippen LogP contribution in [0, 0.1) is 6.92 Å². The molecule has 0 spiro atoms. The van der Waals surface area contributed by atoms with Crippen molar-refractivity contribution in [2.75, 3.05) is 11.4 Å². The third kappa shape index (κ3) is 2.25. The van der Waals surface area contributed by atoms with Crippen molar-refractivity contribution in [1.82, 2.24) is 4.98 Å². The summed E-state index contributed by atoms with van der Waals surface area (Å²) < 4.78 is 0. The molecule has 1 aliphatic heterocycles. The van der Waals surface area contributed by atoms with Gasteiger partial charge in [0.15, 0.2) is 0 Å². The molecule has 2 rings (SSSR count). The number of aromatic nitrogens is 1. The summed E-state index contributed by atoms with van der Waals surface area (Å²) in [6, 6.07) is 6.53. The van der Waals surface area contributed by atoms with E-state index in [-0.39, 0.29) is 5.38 Å². The van der Waals surface area contributed by atoms with Crippen LogP contribution in [-0.4, -0.2) is 22.9 Å². The molecule has 1 saturated heterocycles. The van der Waals surface area contributed by atoms with Crippen LogP contribution in [-0.2, 0) is 0 Å². The van der Waals surface area contributed by atoms with Crippen LogP contribution in [0.3, 0.4) is 0 Å². The van der Waals surface area contributed by atoms with Crippen molar-refractivity contribution < 1.29 is 0 Å². The van der Waals surface area contributed by atoms with Gasteiger partial charge in [0, 0.05) is 18.3 Å². The first-order valence-electron chi connectivity index (χ1n) is 5.53. The Kier molecular flexibility index (Phi) is 3.15. The predicted octanol–water partition coefficient (Wildman–Crippen LogP) is 2.99. The first kappa shape index (κ1) is 10.7. The number of hydrogen-bond acceptors (Lipinski definition) is 2. The van der Waals surface area contributed by atoms with Crippen molar-refractivity contribution in [2.45, 2.75) is 38.1 Å². The maximum Gasteiger partial charge on any atom is 0.129 e. The molecule has 0 saturated carbocycles. The molecular weight excluding hydrogens is 208 g/mol. The van der Waals surface area contributed by atoms with Gasteiger partial charge in [-0.05, 0) is 38.8 Å². The first-order chi connectivity index (χ1) is 7.18. The molecule has 0 N–H and O–H groups in total. The van der Waals surface area contributed by atoms with E-state index in [0.29, 0.717) is 6.04 Å². The Balaban J connectivity index is 2.22. The summed E-state index contributed by atoms with van der Waals surface area (Å²) in [6.45, 7) is 5.28. The molecule has 0 bridgehead atoms. The highest BCUT2D eigenvalue weighted by molar-refractivity contribution is 6.21. The third-order valence-corrected chi connectivity index (χ3v) is 3.64. The summed E-state index contributed by atoms with van der Waals surface area (Å²) in [7, 11) is 0. The minimum Gasteiger partial charge on any atom is -0.352 e. The normalized spacial score (nSPS) is 26.7. The molecule has 3 heteroatoms. The number of halogens is 1. The maximum absolute atomic E-state index is 6.28. The standard InChI is InChI=1S/C12H17ClN2/c1-9-5-3-7-12(14-9)15-8-4-6-11(13)10(15)2/h3,5,7,10-11H,4,6,8H2,1-2H3. The highest BCUT2D eigenvalue weighted by Gasteiger charge is 2.26. The van der Waals surface area contributed by atoms with E-state index in [1.807, 2.05) is 13.0 Å². The number of rotatable bonds is 1. The second kappa shape index (κ2) is 4.40. The quantitative estimate of drug-likeness (QED) is 0.682. The maximum atomic E-state index is 6.28. The molecule has 1 aliphatic rings. The third-order valence-electron chi connectivity index (χ3n) is 3.06. The van der Waals surface area contributed by atoms with E-state index in [4.69, 9.17) is 11.6 Å². The zero-order valence-electron chi connectivity index (χ0n) is 9.28. The van der Waals surface area contributed by atoms with Gasteiger partial charge >= 0.3 is 0 Å². The van der Waals surface area contributed by atoms with Gasteiger partial charge in [0.05, 0.1) is 5.38 Å². The highest BCUT2D eigenvalue weighted by atomic mass is 35.5. The Morgan fingerprint density at radius 3 is 3.00 bits per heavy atom. The van der Waals surface area contributed by atoms with Gasteiger partial charge in [-0.1, -0.05) is 6.07 Å². The fourth-order valence-electron chi connectivity index (χ4n) is 2.11. The average Bonchev–Trinajstić information content (AvgIpc) is 2.22. The minimum absolute atomic E-state index is 0.251. The minimum atomic E-state index is 0.251. The Morgan fingerprint density at radius 2 is 2.27 bits per heavy atom. The summed E-state index contributed by atoms with van der Waals surface area (Å²) in [6.07, 6.45) is 2.28. The monoisotopic (exact) mass is 224 g/mol. The van der Waals surface area contributed by atoms with Crippen molar-refractivity contribution in [1.29, 1.82) is 0 Å². The molecule has 1 fully saturated rings. The molecule has 0 amide bonds. The summed E-state index contributed by atoms with van der Waals surface area (Å²) in [5, 5.41) is 0.251. The number of pyridine rings is 1. The lowest BCUT2D eigenvalue weighted by molar-refractivity contribution is 0.488. The lowest BCUT2D eigenvalue weighted by Crippen LogP contribution is -2.44. The van der Waals surface area contributed by atoms with Gasteiger partial charge in [-0.2, -0.15) is 0 Å². The van der Waals surface area contributed by atoms with Gasteiger partial charge < -0.3 is 4.90 Å². The molecule has 2 atom stereocenters. The number of piperidine rings is 1. The molecule has 1 aromatic rings. The van der Waals surface area contributed by atoms with Gasteiger partial charge in [-0.3, -0.25) is 0 Å². The lowest BCUT2D eigenvalue weighted by atomic mass is 10.0. The molecular formula is C12H17ClN2. The van der Waals surface area contributed by atoms with Gasteiger partial charge in [0.1, 0.15) is 5.82 Å². The Labute approximate surface area is 96.3 Å². The summed E-state index contributed by atoms with van der Waals surface area (Å²) in [4.78, 5) is 6.86. The van der Waals surface area contributed by atoms with Crippen molar-refractivity contribution in [2.24, 2.45) is 0 Å². The Hall–Kier alpha value is -0.760. The van der Waals surface area contributed by atoms with E-state index < -0.39 is 0 Å². The topological polar surface area (TPSA) is 16.1 Å². The molecule has 0 aliphatic carbocycles. The van der Waals surface area contributed by atoms with Crippen LogP contribution >= 0.6 is 11.6 Å². The molecule has 0 radical (unpaired) electrons. The van der Waals surface area contributed by atoms with Crippen molar-refractivity contribution in [3.8, 4) is 0 Å². The van der Waals surface area contributed by atoms with Crippen LogP contribution < -0.4 is 4.90 Å². The molecule has 2 heterocycles. The van der Waals surface area contributed by atoms with Crippen LogP contribution in [0.5, 0.6) is 0 Å². The number of anilines is 1. The van der Waals surface area contributed by atoms with E-state index in [2.05, 4.69) is 28.9 Å². The van der Waals surface area contributed by atoms with Crippen molar-refractivity contribution >= 4 is 17.4 Å². The van der Waals surface area contributed by atoms with Gasteiger partial charge in [0.2, 0.25) is 0 Å². The van der Waals surface area contributed by atoms with Crippen LogP contribution in [0.4, 0.5) is 5.82 Å². The largest absolute Gasteiger partial charge is 0.352 e. The second-order valence-corrected chi connectivity index (χ2v) is 4.79. The smallest absolute Gasteiger partial charge is 0.129 e. The van der Waals surface area contributed by atoms with E-state index in [1.54, 1.807) is 0 Å². The number of alkyl halides is 1. The fraction of sp³-hybridized carbons (Fsp3) is 0.583. The second-order valence-electron chi connectivity index (χ2n) is 4.23. The molecule has 2 unspecified atom stereocenters. The van der Waals surface area contributed by atoms with Gasteiger partial charge in [-0.15, -0.1) is 11.6 Å². The van der Waals surface area contributed by atoms with E-state index in [1.165, 1.54) is 0 Å². The van der Waals surface area contributed by atoms with E-state index in [0.717, 1.165) is 30.9 Å². The van der Waals surface area contributed by atoms with Crippen LogP contribution in [0.15, 0.2) is 18.2 Å². The lowest BCUT2D eigenvalue weighted by Gasteiger charge is -2.37. The number of hydrogen-bond donors (Lipinski definition) is 0. The molecule has 0 aromatic carbocycles. The zero-order valence-corrected chi connectivity index (χ0v) is 10.0. The fourth-order valence-corrected chi connectivity index (χ4v) is 2.40. The predicted molar refractivity (Wildman–Crippen MR) is 64.7 cm³/mol. The summed E-state index contributed by atoms with van der Waals surface area (Å²) in [5.74, 6) is 1.06. The Bertz CT molecular complexity index is 340. The van der Waals surface area contributed by atoms with Gasteiger partial charge in [-0.25, -0.2) is 4.98 Å². The van der Waals surface area contributed by atoms with Crippen molar-refractivity contribution in [3.05, 3.63) is 23.9 Å². The van der Waals surface area contributed by atoms with Crippen LogP contribution in [0.25, 0.3) is 0 Å². The molecule has 15 heavy (non-hydrogen) atoms. The highest BCUT2D eigenvalue weighted by Crippen LogP contribution is 2.26. The SMILES string of the molecule is Cc1cccc(N2CCCC(Cl)C2C)n1. The van der Waals surface area contributed by atoms with E-state index >= 15 is 0 Å². The zero-order chi connectivity index (χ0) is 10.8. The van der Waals surface area contributed by atoms with Crippen molar-refractivity contribution in [3.63, 3.8) is 0 Å². The summed E-state index contributed by atoms with van der Waals surface area (Å²) >= 11 is 6.28. The number of aryl methyl sites for hydroxylation is 1. The van der Waals surface area contributed by atoms with Crippen LogP contribution in [0.2, 0.25) is 0 Å². The summed E-state index contributed by atoms with van der Waals surface area (Å²) in [5.41, 5.74) is 1.07. The van der Waals surface area contributed by atoms with Crippen LogP contribution in [0.1, 0.15) is 25.5 Å². The number of nitrogens with zero attached hydrogens (tertiary/aromatic N) is 2. The van der Waals surface area contributed by atoms with E-state index in [9.17, 15) is 0 Å². The first-order valence-corrected chi connectivity index (χ1v) is 5.96. The molecule has 1 aromatic heterocycles. The molecule has 2 nitrogen and oxygen atoms in total. The molecule has 82 valence electrons. The average molecular weight is 225 g/mol. The van der Waals surface area contributed by atoms with Gasteiger partial charge in [0.25, 0.3) is 0 Å². The Morgan fingerprint density at radius 1 is 1.47 bits per heavy atom.